The minimum Gasteiger partial charge on any atom is -0.368 e. The van der Waals surface area contributed by atoms with Crippen LogP contribution in [0.3, 0.4) is 0 Å². The van der Waals surface area contributed by atoms with Crippen molar-refractivity contribution in [1.82, 2.24) is 20.8 Å². The van der Waals surface area contributed by atoms with Crippen LogP contribution >= 0.6 is 0 Å². The Morgan fingerprint density at radius 1 is 0.939 bits per heavy atom. The van der Waals surface area contributed by atoms with Gasteiger partial charge in [0.25, 0.3) is 11.8 Å². The second-order valence-corrected chi connectivity index (χ2v) is 12.7. The molecule has 1 aromatic heterocycles. The van der Waals surface area contributed by atoms with E-state index < -0.39 is 24.1 Å². The maximum absolute atomic E-state index is 13.2. The van der Waals surface area contributed by atoms with Gasteiger partial charge < -0.3 is 25.4 Å². The Kier molecular flexibility index (Phi) is 12.9. The van der Waals surface area contributed by atoms with E-state index in [0.717, 1.165) is 17.5 Å². The van der Waals surface area contributed by atoms with Crippen LogP contribution in [0, 0.1) is 0 Å². The van der Waals surface area contributed by atoms with E-state index in [4.69, 9.17) is 4.52 Å². The number of amidine groups is 1. The normalized spacial score (nSPS) is 12.9. The first-order valence-electron chi connectivity index (χ1n) is 16.2. The van der Waals surface area contributed by atoms with Crippen LogP contribution < -0.4 is 10.6 Å². The molecular formula is C38H44N6O5. The monoisotopic (exact) mass is 664 g/mol. The Balaban J connectivity index is 1.43. The molecule has 0 saturated heterocycles. The van der Waals surface area contributed by atoms with E-state index in [0.29, 0.717) is 40.7 Å². The van der Waals surface area contributed by atoms with Gasteiger partial charge in [0, 0.05) is 48.7 Å². The molecule has 256 valence electrons. The molecule has 0 bridgehead atoms. The fourth-order valence-electron chi connectivity index (χ4n) is 4.88. The van der Waals surface area contributed by atoms with Crippen LogP contribution in [-0.4, -0.2) is 63.6 Å². The SMILES string of the molecule is C=NC(=N/C=C(\C)c1nc(CCc2ccccc2)no1)c1ccc(C[C@H](NC(=O)c2ccc(C(C)(C)C)cc2)C(=O)NCCC(O)O)cc1. The van der Waals surface area contributed by atoms with Crippen molar-refractivity contribution in [2.45, 2.75) is 71.1 Å². The van der Waals surface area contributed by atoms with E-state index in [1.165, 1.54) is 5.56 Å². The number of rotatable bonds is 14. The first kappa shape index (κ1) is 36.6. The number of carbonyl (C=O) groups is 2. The van der Waals surface area contributed by atoms with Crippen LogP contribution in [0.4, 0.5) is 0 Å². The Morgan fingerprint density at radius 3 is 2.24 bits per heavy atom. The predicted octanol–water partition coefficient (Wildman–Crippen LogP) is 4.82. The van der Waals surface area contributed by atoms with E-state index in [9.17, 15) is 19.8 Å². The first-order valence-corrected chi connectivity index (χ1v) is 16.2. The first-order chi connectivity index (χ1) is 23.4. The fourth-order valence-corrected chi connectivity index (χ4v) is 4.88. The van der Waals surface area contributed by atoms with Crippen LogP contribution in [0.15, 0.2) is 99.6 Å². The largest absolute Gasteiger partial charge is 0.368 e. The lowest BCUT2D eigenvalue weighted by Crippen LogP contribution is -2.48. The van der Waals surface area contributed by atoms with Crippen molar-refractivity contribution in [3.63, 3.8) is 0 Å². The molecule has 0 saturated carbocycles. The summed E-state index contributed by atoms with van der Waals surface area (Å²) in [6.45, 7) is 11.8. The van der Waals surface area contributed by atoms with Crippen molar-refractivity contribution in [2.24, 2.45) is 9.98 Å². The number of aryl methyl sites for hydroxylation is 2. The minimum absolute atomic E-state index is 0.0398. The summed E-state index contributed by atoms with van der Waals surface area (Å²) in [4.78, 5) is 39.3. The van der Waals surface area contributed by atoms with Crippen molar-refractivity contribution in [3.8, 4) is 0 Å². The van der Waals surface area contributed by atoms with Crippen LogP contribution in [0.5, 0.6) is 0 Å². The minimum atomic E-state index is -1.55. The maximum Gasteiger partial charge on any atom is 0.255 e. The molecule has 0 radical (unpaired) electrons. The third kappa shape index (κ3) is 11.2. The van der Waals surface area contributed by atoms with E-state index in [2.05, 4.69) is 70.4 Å². The van der Waals surface area contributed by atoms with Gasteiger partial charge in [0.2, 0.25) is 5.91 Å². The highest BCUT2D eigenvalue weighted by atomic mass is 16.5. The molecule has 0 unspecified atom stereocenters. The van der Waals surface area contributed by atoms with Gasteiger partial charge in [0.1, 0.15) is 6.04 Å². The number of hydrogen-bond donors (Lipinski definition) is 4. The summed E-state index contributed by atoms with van der Waals surface area (Å²) in [5, 5.41) is 28.0. The van der Waals surface area contributed by atoms with Crippen molar-refractivity contribution >= 4 is 29.9 Å². The molecule has 49 heavy (non-hydrogen) atoms. The topological polar surface area (TPSA) is 162 Å². The number of hydrogen-bond acceptors (Lipinski definition) is 8. The van der Waals surface area contributed by atoms with Crippen LogP contribution in [-0.2, 0) is 29.5 Å². The molecular weight excluding hydrogens is 620 g/mol. The van der Waals surface area contributed by atoms with Gasteiger partial charge in [-0.2, -0.15) is 4.98 Å². The highest BCUT2D eigenvalue weighted by Gasteiger charge is 2.23. The molecule has 4 rings (SSSR count). The molecule has 2 amide bonds. The van der Waals surface area contributed by atoms with E-state index in [1.54, 1.807) is 18.3 Å². The summed E-state index contributed by atoms with van der Waals surface area (Å²) in [6.07, 6.45) is 1.65. The highest BCUT2D eigenvalue weighted by molar-refractivity contribution is 6.02. The Labute approximate surface area is 286 Å². The molecule has 3 aromatic carbocycles. The van der Waals surface area contributed by atoms with Gasteiger partial charge in [-0.15, -0.1) is 0 Å². The lowest BCUT2D eigenvalue weighted by atomic mass is 9.86. The van der Waals surface area contributed by atoms with Crippen molar-refractivity contribution in [2.75, 3.05) is 6.54 Å². The summed E-state index contributed by atoms with van der Waals surface area (Å²) >= 11 is 0. The van der Waals surface area contributed by atoms with E-state index in [-0.39, 0.29) is 24.8 Å². The standard InChI is InChI=1S/C38H44N6O5/c1-25(37-43-32(44-49-37)20-13-26-9-7-6-8-10-26)24-41-34(39-5)28-14-11-27(12-15-28)23-31(36(48)40-22-21-33(45)46)42-35(47)29-16-18-30(19-17-29)38(2,3)4/h6-12,14-19,24,31,33,45-46H,5,13,20-23H2,1-4H3,(H,40,48)(H,42,47)/b25-24+,41-34?/t31-/m0/s1. The molecule has 0 fully saturated rings. The average Bonchev–Trinajstić information content (AvgIpc) is 3.57. The summed E-state index contributed by atoms with van der Waals surface area (Å²) in [5.74, 6) is 0.524. The van der Waals surface area contributed by atoms with Crippen molar-refractivity contribution < 1.29 is 24.3 Å². The molecule has 0 spiro atoms. The number of amides is 2. The average molecular weight is 665 g/mol. The zero-order chi connectivity index (χ0) is 35.4. The number of benzene rings is 3. The van der Waals surface area contributed by atoms with Gasteiger partial charge in [-0.25, -0.2) is 9.98 Å². The van der Waals surface area contributed by atoms with Gasteiger partial charge in [0.15, 0.2) is 18.0 Å². The zero-order valence-electron chi connectivity index (χ0n) is 28.4. The number of nitrogens with one attached hydrogen (secondary N) is 2. The summed E-state index contributed by atoms with van der Waals surface area (Å²) in [5.41, 5.74) is 4.78. The van der Waals surface area contributed by atoms with Crippen molar-refractivity contribution in [1.29, 1.82) is 0 Å². The van der Waals surface area contributed by atoms with E-state index in [1.807, 2.05) is 61.5 Å². The predicted molar refractivity (Wildman–Crippen MR) is 190 cm³/mol. The molecule has 4 aromatic rings. The summed E-state index contributed by atoms with van der Waals surface area (Å²) < 4.78 is 5.44. The second-order valence-electron chi connectivity index (χ2n) is 12.7. The number of carbonyl (C=O) groups excluding carboxylic acids is 2. The van der Waals surface area contributed by atoms with E-state index >= 15 is 0 Å². The molecule has 11 heteroatoms. The number of nitrogens with zero attached hydrogens (tertiary/aromatic N) is 4. The Hall–Kier alpha value is -5.26. The highest BCUT2D eigenvalue weighted by Crippen LogP contribution is 2.22. The summed E-state index contributed by atoms with van der Waals surface area (Å²) in [6, 6.07) is 23.7. The number of allylic oxidation sites excluding steroid dienone is 1. The van der Waals surface area contributed by atoms with Gasteiger partial charge >= 0.3 is 0 Å². The van der Waals surface area contributed by atoms with Gasteiger partial charge in [-0.1, -0.05) is 92.7 Å². The second kappa shape index (κ2) is 17.2. The number of aliphatic hydroxyl groups is 2. The smallest absolute Gasteiger partial charge is 0.255 e. The summed E-state index contributed by atoms with van der Waals surface area (Å²) in [7, 11) is 0. The maximum atomic E-state index is 13.2. The molecule has 1 atom stereocenters. The van der Waals surface area contributed by atoms with Gasteiger partial charge in [0.05, 0.1) is 0 Å². The Bertz CT molecular complexity index is 1750. The third-order valence-corrected chi connectivity index (χ3v) is 7.80. The molecule has 1 heterocycles. The van der Waals surface area contributed by atoms with Gasteiger partial charge in [-0.3, -0.25) is 9.59 Å². The van der Waals surface area contributed by atoms with Crippen molar-refractivity contribution in [3.05, 3.63) is 125 Å². The Morgan fingerprint density at radius 2 is 1.61 bits per heavy atom. The molecule has 0 aliphatic rings. The zero-order valence-corrected chi connectivity index (χ0v) is 28.4. The quantitative estimate of drug-likeness (QED) is 0.0854. The third-order valence-electron chi connectivity index (χ3n) is 7.80. The molecule has 0 aliphatic heterocycles. The molecule has 4 N–H and O–H groups in total. The number of aliphatic imine (C=N–C) groups is 2. The lowest BCUT2D eigenvalue weighted by molar-refractivity contribution is -0.123. The number of aromatic nitrogens is 2. The fraction of sp³-hybridized carbons (Fsp3) is 0.316. The molecule has 11 nitrogen and oxygen atoms in total. The van der Waals surface area contributed by atoms with Crippen LogP contribution in [0.1, 0.15) is 78.4 Å². The molecule has 0 aliphatic carbocycles. The lowest BCUT2D eigenvalue weighted by Gasteiger charge is -2.21. The number of aliphatic hydroxyl groups excluding tert-OH is 1. The van der Waals surface area contributed by atoms with Gasteiger partial charge in [-0.05, 0) is 54.3 Å². The van der Waals surface area contributed by atoms with Crippen LogP contribution in [0.25, 0.3) is 5.57 Å². The van der Waals surface area contributed by atoms with Crippen LogP contribution in [0.2, 0.25) is 0 Å².